The Morgan fingerprint density at radius 3 is 2.28 bits per heavy atom. The molecule has 0 aliphatic rings. The van der Waals surface area contributed by atoms with Gasteiger partial charge in [0.25, 0.3) is 0 Å². The molecule has 0 aliphatic carbocycles. The maximum Gasteiger partial charge on any atom is 0.408 e. The highest BCUT2D eigenvalue weighted by Crippen LogP contribution is 2.20. The van der Waals surface area contributed by atoms with Crippen LogP contribution in [-0.4, -0.2) is 25.2 Å². The van der Waals surface area contributed by atoms with Gasteiger partial charge in [-0.1, -0.05) is 53.5 Å². The van der Waals surface area contributed by atoms with Gasteiger partial charge in [0.1, 0.15) is 12.6 Å². The maximum atomic E-state index is 12.0. The van der Waals surface area contributed by atoms with E-state index in [1.165, 1.54) is 7.11 Å². The van der Waals surface area contributed by atoms with E-state index in [2.05, 4.69) is 5.32 Å². The van der Waals surface area contributed by atoms with Crippen molar-refractivity contribution in [2.24, 2.45) is 0 Å². The Hall–Kier alpha value is -2.24. The summed E-state index contributed by atoms with van der Waals surface area (Å²) in [5, 5.41) is 3.39. The molecule has 5 nitrogen and oxygen atoms in total. The summed E-state index contributed by atoms with van der Waals surface area (Å²) in [7, 11) is 1.25. The lowest BCUT2D eigenvalue weighted by molar-refractivity contribution is -0.143. The Kier molecular flexibility index (Phi) is 7.10. The fourth-order valence-corrected chi connectivity index (χ4v) is 2.78. The van der Waals surface area contributed by atoms with Crippen molar-refractivity contribution in [1.29, 1.82) is 0 Å². The molecule has 1 atom stereocenters. The first-order chi connectivity index (χ1) is 12.0. The molecule has 2 rings (SSSR count). The van der Waals surface area contributed by atoms with Crippen molar-refractivity contribution in [2.75, 3.05) is 7.11 Å². The first-order valence-electron chi connectivity index (χ1n) is 7.48. The quantitative estimate of drug-likeness (QED) is 0.767. The highest BCUT2D eigenvalue weighted by molar-refractivity contribution is 6.34. The van der Waals surface area contributed by atoms with Crippen molar-refractivity contribution in [2.45, 2.75) is 19.1 Å². The Labute approximate surface area is 155 Å². The number of nitrogens with one attached hydrogen (secondary N) is 1. The zero-order valence-electron chi connectivity index (χ0n) is 13.5. The number of amides is 1. The van der Waals surface area contributed by atoms with Crippen LogP contribution < -0.4 is 5.32 Å². The van der Waals surface area contributed by atoms with E-state index < -0.39 is 18.1 Å². The highest BCUT2D eigenvalue weighted by atomic mass is 35.5. The van der Waals surface area contributed by atoms with E-state index in [1.807, 2.05) is 30.3 Å². The minimum atomic E-state index is -0.914. The van der Waals surface area contributed by atoms with Crippen LogP contribution in [0.4, 0.5) is 4.79 Å². The number of esters is 1. The SMILES string of the molecule is COC(=O)C(Cc1cc(Cl)cc(Cl)c1)NC(=O)OCc1ccccc1. The minimum absolute atomic E-state index is 0.101. The molecule has 1 unspecified atom stereocenters. The monoisotopic (exact) mass is 381 g/mol. The lowest BCUT2D eigenvalue weighted by atomic mass is 10.1. The highest BCUT2D eigenvalue weighted by Gasteiger charge is 2.23. The molecule has 0 saturated heterocycles. The van der Waals surface area contributed by atoms with Crippen LogP contribution in [0, 0.1) is 0 Å². The summed E-state index contributed by atoms with van der Waals surface area (Å²) in [6, 6.07) is 13.2. The summed E-state index contributed by atoms with van der Waals surface area (Å²) < 4.78 is 9.86. The lowest BCUT2D eigenvalue weighted by Crippen LogP contribution is -2.43. The molecule has 0 bridgehead atoms. The van der Waals surface area contributed by atoms with Crippen molar-refractivity contribution < 1.29 is 19.1 Å². The van der Waals surface area contributed by atoms with Crippen molar-refractivity contribution in [3.8, 4) is 0 Å². The molecule has 0 aromatic heterocycles. The van der Waals surface area contributed by atoms with Crippen molar-refractivity contribution >= 4 is 35.3 Å². The van der Waals surface area contributed by atoms with Crippen LogP contribution in [-0.2, 0) is 27.3 Å². The van der Waals surface area contributed by atoms with Gasteiger partial charge in [0.15, 0.2) is 0 Å². The minimum Gasteiger partial charge on any atom is -0.467 e. The van der Waals surface area contributed by atoms with Gasteiger partial charge in [-0.25, -0.2) is 9.59 Å². The van der Waals surface area contributed by atoms with E-state index in [4.69, 9.17) is 32.7 Å². The summed E-state index contributed by atoms with van der Waals surface area (Å²) in [6.45, 7) is 0.101. The second kappa shape index (κ2) is 9.30. The molecule has 0 heterocycles. The molecule has 7 heteroatoms. The zero-order valence-corrected chi connectivity index (χ0v) is 15.0. The average Bonchev–Trinajstić information content (AvgIpc) is 2.58. The molecular weight excluding hydrogens is 365 g/mol. The van der Waals surface area contributed by atoms with Gasteiger partial charge >= 0.3 is 12.1 Å². The molecule has 0 saturated carbocycles. The number of alkyl carbamates (subject to hydrolysis) is 1. The normalized spacial score (nSPS) is 11.5. The van der Waals surface area contributed by atoms with E-state index in [9.17, 15) is 9.59 Å². The fourth-order valence-electron chi connectivity index (χ4n) is 2.21. The number of hydrogen-bond donors (Lipinski definition) is 1. The Morgan fingerprint density at radius 2 is 1.68 bits per heavy atom. The van der Waals surface area contributed by atoms with Crippen LogP contribution in [0.5, 0.6) is 0 Å². The van der Waals surface area contributed by atoms with E-state index in [0.29, 0.717) is 15.6 Å². The van der Waals surface area contributed by atoms with Crippen LogP contribution in [0.25, 0.3) is 0 Å². The molecule has 1 amide bonds. The standard InChI is InChI=1S/C18H17Cl2NO4/c1-24-17(22)16(9-13-7-14(19)10-15(20)8-13)21-18(23)25-11-12-5-3-2-4-6-12/h2-8,10,16H,9,11H2,1H3,(H,21,23). The largest absolute Gasteiger partial charge is 0.467 e. The molecule has 0 radical (unpaired) electrons. The van der Waals surface area contributed by atoms with Gasteiger partial charge < -0.3 is 14.8 Å². The number of ether oxygens (including phenoxy) is 2. The first kappa shape index (κ1) is 19.1. The number of hydrogen-bond acceptors (Lipinski definition) is 4. The number of carbonyl (C=O) groups excluding carboxylic acids is 2. The van der Waals surface area contributed by atoms with E-state index in [1.54, 1.807) is 18.2 Å². The van der Waals surface area contributed by atoms with Crippen LogP contribution >= 0.6 is 23.2 Å². The van der Waals surface area contributed by atoms with Crippen molar-refractivity contribution in [3.05, 3.63) is 69.7 Å². The van der Waals surface area contributed by atoms with Crippen molar-refractivity contribution in [1.82, 2.24) is 5.32 Å². The smallest absolute Gasteiger partial charge is 0.408 e. The average molecular weight is 382 g/mol. The van der Waals surface area contributed by atoms with Gasteiger partial charge in [0, 0.05) is 16.5 Å². The maximum absolute atomic E-state index is 12.0. The molecular formula is C18H17Cl2NO4. The predicted octanol–water partition coefficient (Wildman–Crippen LogP) is 4.00. The van der Waals surface area contributed by atoms with Gasteiger partial charge in [0.05, 0.1) is 7.11 Å². The summed E-state index contributed by atoms with van der Waals surface area (Å²) >= 11 is 11.9. The van der Waals surface area contributed by atoms with Crippen molar-refractivity contribution in [3.63, 3.8) is 0 Å². The number of halogens is 2. The lowest BCUT2D eigenvalue weighted by Gasteiger charge is -2.17. The third-order valence-corrected chi connectivity index (χ3v) is 3.79. The summed E-state index contributed by atoms with van der Waals surface area (Å²) in [6.07, 6.45) is -0.541. The molecule has 25 heavy (non-hydrogen) atoms. The Balaban J connectivity index is 1.99. The zero-order chi connectivity index (χ0) is 18.2. The molecule has 0 spiro atoms. The third-order valence-electron chi connectivity index (χ3n) is 3.35. The molecule has 132 valence electrons. The summed E-state index contributed by atoms with van der Waals surface area (Å²) in [5.74, 6) is -0.590. The Bertz CT molecular complexity index is 717. The number of rotatable bonds is 6. The first-order valence-corrected chi connectivity index (χ1v) is 8.23. The number of carbonyl (C=O) groups is 2. The summed E-state index contributed by atoms with van der Waals surface area (Å²) in [5.41, 5.74) is 1.53. The van der Waals surface area contributed by atoms with Gasteiger partial charge in [-0.2, -0.15) is 0 Å². The van der Waals surface area contributed by atoms with Crippen LogP contribution in [0.1, 0.15) is 11.1 Å². The second-order valence-electron chi connectivity index (χ2n) is 5.26. The fraction of sp³-hybridized carbons (Fsp3) is 0.222. The molecule has 0 aliphatic heterocycles. The summed E-state index contributed by atoms with van der Waals surface area (Å²) in [4.78, 5) is 23.9. The number of benzene rings is 2. The van der Waals surface area contributed by atoms with Crippen LogP contribution in [0.2, 0.25) is 10.0 Å². The molecule has 2 aromatic rings. The Morgan fingerprint density at radius 1 is 1.04 bits per heavy atom. The van der Waals surface area contributed by atoms with Crippen LogP contribution in [0.15, 0.2) is 48.5 Å². The van der Waals surface area contributed by atoms with Gasteiger partial charge in [-0.15, -0.1) is 0 Å². The van der Waals surface area contributed by atoms with E-state index in [0.717, 1.165) is 5.56 Å². The molecule has 1 N–H and O–H groups in total. The van der Waals surface area contributed by atoms with E-state index in [-0.39, 0.29) is 13.0 Å². The third kappa shape index (κ3) is 6.29. The van der Waals surface area contributed by atoms with Gasteiger partial charge in [0.2, 0.25) is 0 Å². The van der Waals surface area contributed by atoms with Crippen LogP contribution in [0.3, 0.4) is 0 Å². The van der Waals surface area contributed by atoms with E-state index >= 15 is 0 Å². The predicted molar refractivity (Wildman–Crippen MR) is 95.7 cm³/mol. The molecule has 0 fully saturated rings. The topological polar surface area (TPSA) is 64.6 Å². The number of methoxy groups -OCH3 is 1. The molecule has 2 aromatic carbocycles. The second-order valence-corrected chi connectivity index (χ2v) is 6.14. The van der Waals surface area contributed by atoms with Gasteiger partial charge in [-0.3, -0.25) is 0 Å². The van der Waals surface area contributed by atoms with Gasteiger partial charge in [-0.05, 0) is 29.3 Å².